The molecule has 122 valence electrons. The van der Waals surface area contributed by atoms with E-state index in [2.05, 4.69) is 4.40 Å². The lowest BCUT2D eigenvalue weighted by molar-refractivity contribution is -0.142. The summed E-state index contributed by atoms with van der Waals surface area (Å²) in [6, 6.07) is 7.12. The summed E-state index contributed by atoms with van der Waals surface area (Å²) in [4.78, 5) is 11.5. The maximum atomic E-state index is 12.3. The maximum absolute atomic E-state index is 12.3. The van der Waals surface area contributed by atoms with Crippen LogP contribution in [0.3, 0.4) is 0 Å². The Hall–Kier alpha value is -1.20. The van der Waals surface area contributed by atoms with Gasteiger partial charge in [-0.2, -0.15) is 4.40 Å². The Bertz CT molecular complexity index is 562. The average Bonchev–Trinajstić information content (AvgIpc) is 2.43. The summed E-state index contributed by atoms with van der Waals surface area (Å²) in [5.74, 6) is -0.286. The highest BCUT2D eigenvalue weighted by Gasteiger charge is 2.20. The van der Waals surface area contributed by atoms with Gasteiger partial charge in [-0.3, -0.25) is 4.79 Å². The van der Waals surface area contributed by atoms with Crippen LogP contribution in [-0.2, 0) is 20.5 Å². The first-order valence-electron chi connectivity index (χ1n) is 7.15. The summed E-state index contributed by atoms with van der Waals surface area (Å²) in [7, 11) is -1.39. The average molecular weight is 344 g/mol. The summed E-state index contributed by atoms with van der Waals surface area (Å²) < 4.78 is 21.1. The maximum Gasteiger partial charge on any atom is 0.306 e. The van der Waals surface area contributed by atoms with Crippen molar-refractivity contribution in [1.29, 1.82) is 0 Å². The lowest BCUT2D eigenvalue weighted by Gasteiger charge is -2.15. The van der Waals surface area contributed by atoms with Crippen LogP contribution < -0.4 is 0 Å². The highest BCUT2D eigenvalue weighted by molar-refractivity contribution is 7.85. The second kappa shape index (κ2) is 8.44. The van der Waals surface area contributed by atoms with Crippen LogP contribution >= 0.6 is 11.6 Å². The molecular weight excluding hydrogens is 322 g/mol. The summed E-state index contributed by atoms with van der Waals surface area (Å²) >= 11 is 5.89. The fourth-order valence-corrected chi connectivity index (χ4v) is 2.37. The molecule has 0 aliphatic carbocycles. The first-order valence-corrected chi connectivity index (χ1v) is 8.63. The number of halogens is 1. The van der Waals surface area contributed by atoms with E-state index in [0.717, 1.165) is 5.56 Å². The van der Waals surface area contributed by atoms with Crippen molar-refractivity contribution in [3.05, 3.63) is 34.9 Å². The van der Waals surface area contributed by atoms with E-state index in [1.807, 2.05) is 32.9 Å². The third-order valence-corrected chi connectivity index (χ3v) is 4.45. The molecule has 0 spiro atoms. The number of hydrogen-bond donors (Lipinski definition) is 0. The summed E-state index contributed by atoms with van der Waals surface area (Å²) in [5, 5.41) is 0.616. The number of esters is 1. The molecule has 0 bridgehead atoms. The third-order valence-electron chi connectivity index (χ3n) is 2.77. The molecule has 0 fully saturated rings. The van der Waals surface area contributed by atoms with Gasteiger partial charge in [0.2, 0.25) is 0 Å². The Labute approximate surface area is 139 Å². The highest BCUT2D eigenvalue weighted by atomic mass is 35.5. The number of nitrogens with zero attached hydrogens (tertiary/aromatic N) is 1. The van der Waals surface area contributed by atoms with Crippen LogP contribution in [0.2, 0.25) is 5.02 Å². The van der Waals surface area contributed by atoms with Crippen LogP contribution in [0.5, 0.6) is 0 Å². The Morgan fingerprint density at radius 3 is 2.32 bits per heavy atom. The zero-order valence-corrected chi connectivity index (χ0v) is 15.0. The topological polar surface area (TPSA) is 55.7 Å². The standard InChI is InChI=1S/C16H22ClNO3S/c1-5-21-15(19)11-10-14(18-22(20)16(2,3)4)12-6-8-13(17)9-7-12/h6-9H,5,10-11H2,1-4H3/b18-14+/t22-/m0/s1. The molecule has 0 aliphatic rings. The lowest BCUT2D eigenvalue weighted by atomic mass is 10.1. The Morgan fingerprint density at radius 1 is 1.23 bits per heavy atom. The van der Waals surface area contributed by atoms with Crippen molar-refractivity contribution in [1.82, 2.24) is 0 Å². The number of carbonyl (C=O) groups is 1. The predicted octanol–water partition coefficient (Wildman–Crippen LogP) is 3.93. The SMILES string of the molecule is CCOC(=O)CC/C(=N\[S@@](=O)C(C)(C)C)c1ccc(Cl)cc1. The highest BCUT2D eigenvalue weighted by Crippen LogP contribution is 2.17. The fourth-order valence-electron chi connectivity index (χ4n) is 1.58. The molecule has 6 heteroatoms. The smallest absolute Gasteiger partial charge is 0.306 e. The van der Waals surface area contributed by atoms with Gasteiger partial charge in [0.15, 0.2) is 0 Å². The minimum atomic E-state index is -1.39. The van der Waals surface area contributed by atoms with E-state index in [-0.39, 0.29) is 12.4 Å². The van der Waals surface area contributed by atoms with E-state index in [9.17, 15) is 9.00 Å². The zero-order valence-electron chi connectivity index (χ0n) is 13.4. The molecule has 1 aromatic rings. The van der Waals surface area contributed by atoms with Gasteiger partial charge in [-0.25, -0.2) is 4.21 Å². The van der Waals surface area contributed by atoms with Gasteiger partial charge in [0.25, 0.3) is 0 Å². The minimum absolute atomic E-state index is 0.205. The second-order valence-electron chi connectivity index (χ2n) is 5.71. The largest absolute Gasteiger partial charge is 0.466 e. The van der Waals surface area contributed by atoms with Crippen LogP contribution in [0.4, 0.5) is 0 Å². The molecule has 0 heterocycles. The van der Waals surface area contributed by atoms with Gasteiger partial charge in [0, 0.05) is 11.4 Å². The zero-order chi connectivity index (χ0) is 16.8. The van der Waals surface area contributed by atoms with Gasteiger partial charge in [-0.15, -0.1) is 0 Å². The molecule has 22 heavy (non-hydrogen) atoms. The van der Waals surface area contributed by atoms with E-state index < -0.39 is 15.7 Å². The van der Waals surface area contributed by atoms with Gasteiger partial charge in [0.05, 0.1) is 23.5 Å². The van der Waals surface area contributed by atoms with Crippen molar-refractivity contribution in [2.45, 2.75) is 45.3 Å². The van der Waals surface area contributed by atoms with Crippen molar-refractivity contribution in [3.8, 4) is 0 Å². The van der Waals surface area contributed by atoms with E-state index in [1.54, 1.807) is 19.1 Å². The normalized spacial score (nSPS) is 13.8. The molecule has 0 N–H and O–H groups in total. The number of hydrogen-bond acceptors (Lipinski definition) is 3. The van der Waals surface area contributed by atoms with E-state index in [4.69, 9.17) is 16.3 Å². The number of ether oxygens (including phenoxy) is 1. The van der Waals surface area contributed by atoms with Gasteiger partial charge in [-0.1, -0.05) is 23.7 Å². The van der Waals surface area contributed by atoms with Gasteiger partial charge in [-0.05, 0) is 45.4 Å². The first kappa shape index (κ1) is 18.8. The van der Waals surface area contributed by atoms with Gasteiger partial charge in [0.1, 0.15) is 11.0 Å². The molecule has 0 aliphatic heterocycles. The third kappa shape index (κ3) is 6.28. The Morgan fingerprint density at radius 2 is 1.82 bits per heavy atom. The Balaban J connectivity index is 3.00. The molecule has 0 amide bonds. The molecule has 0 unspecified atom stereocenters. The summed E-state index contributed by atoms with van der Waals surface area (Å²) in [6.07, 6.45) is 0.582. The second-order valence-corrected chi connectivity index (χ2v) is 8.05. The quantitative estimate of drug-likeness (QED) is 0.580. The lowest BCUT2D eigenvalue weighted by Crippen LogP contribution is -2.21. The van der Waals surface area contributed by atoms with Gasteiger partial charge >= 0.3 is 5.97 Å². The van der Waals surface area contributed by atoms with Crippen LogP contribution in [0.15, 0.2) is 28.7 Å². The van der Waals surface area contributed by atoms with E-state index in [0.29, 0.717) is 23.8 Å². The number of carbonyl (C=O) groups excluding carboxylic acids is 1. The number of benzene rings is 1. The van der Waals surface area contributed by atoms with Crippen LogP contribution in [-0.4, -0.2) is 27.2 Å². The van der Waals surface area contributed by atoms with Crippen LogP contribution in [0.25, 0.3) is 0 Å². The van der Waals surface area contributed by atoms with Crippen LogP contribution in [0, 0.1) is 0 Å². The van der Waals surface area contributed by atoms with Crippen LogP contribution in [0.1, 0.15) is 46.1 Å². The fraction of sp³-hybridized carbons (Fsp3) is 0.500. The van der Waals surface area contributed by atoms with E-state index in [1.165, 1.54) is 0 Å². The molecule has 0 saturated carbocycles. The van der Waals surface area contributed by atoms with E-state index >= 15 is 0 Å². The Kier molecular flexibility index (Phi) is 7.23. The molecule has 0 radical (unpaired) electrons. The predicted molar refractivity (Wildman–Crippen MR) is 91.8 cm³/mol. The molecule has 4 nitrogen and oxygen atoms in total. The van der Waals surface area contributed by atoms with Crippen molar-refractivity contribution in [2.75, 3.05) is 6.61 Å². The number of rotatable bonds is 6. The summed E-state index contributed by atoms with van der Waals surface area (Å²) in [6.45, 7) is 7.69. The first-order chi connectivity index (χ1) is 10.2. The van der Waals surface area contributed by atoms with Crippen molar-refractivity contribution in [2.24, 2.45) is 4.40 Å². The molecule has 0 aromatic heterocycles. The van der Waals surface area contributed by atoms with Crippen molar-refractivity contribution < 1.29 is 13.7 Å². The molecule has 0 saturated heterocycles. The van der Waals surface area contributed by atoms with Crippen molar-refractivity contribution >= 4 is 34.3 Å². The molecule has 1 atom stereocenters. The summed E-state index contributed by atoms with van der Waals surface area (Å²) in [5.41, 5.74) is 1.43. The minimum Gasteiger partial charge on any atom is -0.466 e. The molecule has 1 rings (SSSR count). The van der Waals surface area contributed by atoms with Gasteiger partial charge < -0.3 is 4.74 Å². The monoisotopic (exact) mass is 343 g/mol. The molecule has 1 aromatic carbocycles. The van der Waals surface area contributed by atoms with Crippen molar-refractivity contribution in [3.63, 3.8) is 0 Å². The molecular formula is C16H22ClNO3S.